The maximum atomic E-state index is 12.5. The van der Waals surface area contributed by atoms with E-state index in [9.17, 15) is 13.2 Å². The largest absolute Gasteiger partial charge is 0.390 e. The molecule has 2 nitrogen and oxygen atoms in total. The van der Waals surface area contributed by atoms with Crippen molar-refractivity contribution in [2.45, 2.75) is 37.5 Å². The van der Waals surface area contributed by atoms with Gasteiger partial charge in [0.1, 0.15) is 0 Å². The lowest BCUT2D eigenvalue weighted by molar-refractivity contribution is -0.140. The molecule has 116 valence electrons. The molecule has 2 fully saturated rings. The number of alkyl halides is 3. The van der Waals surface area contributed by atoms with Crippen LogP contribution in [-0.2, 0) is 0 Å². The number of nitrogens with zero attached hydrogens (tertiary/aromatic N) is 1. The van der Waals surface area contributed by atoms with Gasteiger partial charge in [-0.2, -0.15) is 13.2 Å². The molecule has 1 saturated carbocycles. The topological polar surface area (TPSA) is 15.3 Å². The fraction of sp³-hybridized carbons (Fsp3) is 0.625. The lowest BCUT2D eigenvalue weighted by atomic mass is 9.99. The van der Waals surface area contributed by atoms with Crippen LogP contribution in [-0.4, -0.2) is 36.8 Å². The van der Waals surface area contributed by atoms with Gasteiger partial charge in [-0.05, 0) is 24.3 Å². The average molecular weight is 298 g/mol. The highest BCUT2D eigenvalue weighted by Gasteiger charge is 2.40. The van der Waals surface area contributed by atoms with Crippen LogP contribution in [0.15, 0.2) is 30.3 Å². The van der Waals surface area contributed by atoms with Crippen LogP contribution in [0.3, 0.4) is 0 Å². The molecule has 1 aromatic carbocycles. The van der Waals surface area contributed by atoms with Crippen molar-refractivity contribution in [1.82, 2.24) is 10.2 Å². The molecule has 5 heteroatoms. The predicted molar refractivity (Wildman–Crippen MR) is 75.9 cm³/mol. The van der Waals surface area contributed by atoms with Crippen molar-refractivity contribution in [3.05, 3.63) is 35.9 Å². The first-order chi connectivity index (χ1) is 10.0. The van der Waals surface area contributed by atoms with Crippen LogP contribution in [0, 0.1) is 5.92 Å². The van der Waals surface area contributed by atoms with Gasteiger partial charge in [0.25, 0.3) is 0 Å². The summed E-state index contributed by atoms with van der Waals surface area (Å²) < 4.78 is 37.6. The molecule has 2 atom stereocenters. The minimum Gasteiger partial charge on any atom is -0.307 e. The van der Waals surface area contributed by atoms with E-state index in [1.165, 1.54) is 0 Å². The van der Waals surface area contributed by atoms with Crippen LogP contribution in [0.1, 0.15) is 30.9 Å². The van der Waals surface area contributed by atoms with Crippen molar-refractivity contribution in [3.8, 4) is 0 Å². The van der Waals surface area contributed by atoms with Crippen LogP contribution in [0.2, 0.25) is 0 Å². The Bertz CT molecular complexity index is 456. The normalized spacial score (nSPS) is 27.8. The summed E-state index contributed by atoms with van der Waals surface area (Å²) in [6.45, 7) is 1.58. The minimum absolute atomic E-state index is 0.121. The quantitative estimate of drug-likeness (QED) is 0.917. The lowest BCUT2D eigenvalue weighted by Gasteiger charge is -2.41. The highest BCUT2D eigenvalue weighted by molar-refractivity contribution is 5.20. The van der Waals surface area contributed by atoms with Gasteiger partial charge in [0.05, 0.1) is 6.42 Å². The van der Waals surface area contributed by atoms with Gasteiger partial charge in [-0.3, -0.25) is 4.90 Å². The molecule has 1 aromatic rings. The van der Waals surface area contributed by atoms with Gasteiger partial charge in [-0.25, -0.2) is 0 Å². The third-order valence-electron chi connectivity index (χ3n) is 4.51. The van der Waals surface area contributed by atoms with Crippen molar-refractivity contribution in [1.29, 1.82) is 0 Å². The predicted octanol–water partition coefficient (Wildman–Crippen LogP) is 3.36. The van der Waals surface area contributed by atoms with E-state index >= 15 is 0 Å². The molecule has 1 aliphatic carbocycles. The molecule has 2 aliphatic rings. The summed E-state index contributed by atoms with van der Waals surface area (Å²) >= 11 is 0. The Labute approximate surface area is 123 Å². The summed E-state index contributed by atoms with van der Waals surface area (Å²) in [5.41, 5.74) is 1.16. The maximum Gasteiger partial charge on any atom is 0.390 e. The first-order valence-corrected chi connectivity index (χ1v) is 7.62. The molecule has 1 N–H and O–H groups in total. The van der Waals surface area contributed by atoms with Crippen molar-refractivity contribution in [3.63, 3.8) is 0 Å². The van der Waals surface area contributed by atoms with Crippen molar-refractivity contribution < 1.29 is 13.2 Å². The molecular formula is C16H21F3N2. The third-order valence-corrected chi connectivity index (χ3v) is 4.51. The summed E-state index contributed by atoms with van der Waals surface area (Å²) in [4.78, 5) is 2.05. The first kappa shape index (κ1) is 14.9. The van der Waals surface area contributed by atoms with E-state index < -0.39 is 12.6 Å². The molecule has 21 heavy (non-hydrogen) atoms. The van der Waals surface area contributed by atoms with Gasteiger partial charge in [-0.1, -0.05) is 30.3 Å². The lowest BCUT2D eigenvalue weighted by Crippen LogP contribution is -2.54. The fourth-order valence-electron chi connectivity index (χ4n) is 3.21. The number of halogens is 3. The van der Waals surface area contributed by atoms with Crippen LogP contribution < -0.4 is 5.32 Å². The van der Waals surface area contributed by atoms with Crippen LogP contribution in [0.5, 0.6) is 0 Å². The van der Waals surface area contributed by atoms with Crippen LogP contribution >= 0.6 is 0 Å². The Morgan fingerprint density at radius 1 is 1.14 bits per heavy atom. The van der Waals surface area contributed by atoms with E-state index in [2.05, 4.69) is 10.2 Å². The molecule has 1 aliphatic heterocycles. The van der Waals surface area contributed by atoms with Crippen LogP contribution in [0.4, 0.5) is 13.2 Å². The standard InChI is InChI=1S/C16H21F3N2/c17-16(18,19)8-9-21-11-14(12-4-2-1-3-5-12)20-10-15(21)13-6-7-13/h1-5,13-15,20H,6-11H2. The number of hydrogen-bond donors (Lipinski definition) is 1. The van der Waals surface area contributed by atoms with E-state index in [0.717, 1.165) is 24.9 Å². The van der Waals surface area contributed by atoms with Crippen LogP contribution in [0.25, 0.3) is 0 Å². The second-order valence-electron chi connectivity index (χ2n) is 6.14. The molecule has 3 rings (SSSR count). The minimum atomic E-state index is -4.07. The zero-order valence-electron chi connectivity index (χ0n) is 11.9. The van der Waals surface area contributed by atoms with Crippen molar-refractivity contribution in [2.24, 2.45) is 5.92 Å². The van der Waals surface area contributed by atoms with Crippen molar-refractivity contribution in [2.75, 3.05) is 19.6 Å². The molecule has 0 aromatic heterocycles. The Balaban J connectivity index is 1.66. The van der Waals surface area contributed by atoms with E-state index in [1.807, 2.05) is 30.3 Å². The maximum absolute atomic E-state index is 12.5. The van der Waals surface area contributed by atoms with E-state index in [4.69, 9.17) is 0 Å². The summed E-state index contributed by atoms with van der Waals surface area (Å²) in [7, 11) is 0. The van der Waals surface area contributed by atoms with E-state index in [1.54, 1.807) is 0 Å². The fourth-order valence-corrected chi connectivity index (χ4v) is 3.21. The third kappa shape index (κ3) is 3.98. The summed E-state index contributed by atoms with van der Waals surface area (Å²) in [5, 5.41) is 3.51. The van der Waals surface area contributed by atoms with E-state index in [0.29, 0.717) is 12.5 Å². The van der Waals surface area contributed by atoms with Crippen molar-refractivity contribution >= 4 is 0 Å². The zero-order valence-corrected chi connectivity index (χ0v) is 11.9. The second-order valence-corrected chi connectivity index (χ2v) is 6.14. The van der Waals surface area contributed by atoms with Gasteiger partial charge >= 0.3 is 6.18 Å². The number of hydrogen-bond acceptors (Lipinski definition) is 2. The average Bonchev–Trinajstić information content (AvgIpc) is 3.29. The van der Waals surface area contributed by atoms with E-state index in [-0.39, 0.29) is 18.6 Å². The summed E-state index contributed by atoms with van der Waals surface area (Å²) in [6, 6.07) is 10.4. The number of nitrogens with one attached hydrogen (secondary N) is 1. The summed E-state index contributed by atoms with van der Waals surface area (Å²) in [6.07, 6.45) is -2.46. The van der Waals surface area contributed by atoms with Gasteiger partial charge in [0.15, 0.2) is 0 Å². The molecular weight excluding hydrogens is 277 g/mol. The molecule has 0 bridgehead atoms. The number of piperazine rings is 1. The number of rotatable bonds is 4. The molecule has 0 amide bonds. The second kappa shape index (κ2) is 5.97. The van der Waals surface area contributed by atoms with Gasteiger partial charge in [0.2, 0.25) is 0 Å². The smallest absolute Gasteiger partial charge is 0.307 e. The molecule has 1 heterocycles. The van der Waals surface area contributed by atoms with Gasteiger partial charge < -0.3 is 5.32 Å². The Morgan fingerprint density at radius 2 is 1.86 bits per heavy atom. The molecule has 1 saturated heterocycles. The monoisotopic (exact) mass is 298 g/mol. The number of benzene rings is 1. The van der Waals surface area contributed by atoms with Gasteiger partial charge in [-0.15, -0.1) is 0 Å². The molecule has 2 unspecified atom stereocenters. The SMILES string of the molecule is FC(F)(F)CCN1CC(c2ccccc2)NCC1C1CC1. The Morgan fingerprint density at radius 3 is 2.48 bits per heavy atom. The Hall–Kier alpha value is -1.07. The zero-order chi connectivity index (χ0) is 14.9. The first-order valence-electron chi connectivity index (χ1n) is 7.62. The Kier molecular flexibility index (Phi) is 4.22. The molecule has 0 spiro atoms. The van der Waals surface area contributed by atoms with Gasteiger partial charge in [0, 0.05) is 31.7 Å². The summed E-state index contributed by atoms with van der Waals surface area (Å²) in [5.74, 6) is 0.586. The molecule has 0 radical (unpaired) electrons. The highest BCUT2D eigenvalue weighted by Crippen LogP contribution is 2.38. The highest BCUT2D eigenvalue weighted by atomic mass is 19.4.